The van der Waals surface area contributed by atoms with E-state index in [4.69, 9.17) is 10.6 Å². The van der Waals surface area contributed by atoms with Crippen molar-refractivity contribution in [1.29, 1.82) is 0 Å². The molecule has 0 aliphatic rings. The first-order chi connectivity index (χ1) is 8.78. The molecular weight excluding hydrogens is 246 g/mol. The van der Waals surface area contributed by atoms with Crippen LogP contribution in [-0.4, -0.2) is 17.6 Å². The molecule has 3 N–H and O–H groups in total. The molecule has 0 amide bonds. The van der Waals surface area contributed by atoms with Crippen LogP contribution in [0.5, 0.6) is 5.75 Å². The fourth-order valence-electron chi connectivity index (χ4n) is 1.63. The van der Waals surface area contributed by atoms with Crippen LogP contribution < -0.4 is 16.0 Å². The highest BCUT2D eigenvalue weighted by molar-refractivity contribution is 7.09. The van der Waals surface area contributed by atoms with Gasteiger partial charge in [-0.2, -0.15) is 0 Å². The number of benzene rings is 1. The number of thiazole rings is 1. The molecule has 0 aliphatic heterocycles. The van der Waals surface area contributed by atoms with Crippen molar-refractivity contribution in [3.63, 3.8) is 0 Å². The lowest BCUT2D eigenvalue weighted by atomic mass is 10.2. The number of para-hydroxylation sites is 1. The van der Waals surface area contributed by atoms with E-state index >= 15 is 0 Å². The van der Waals surface area contributed by atoms with Gasteiger partial charge in [0.1, 0.15) is 12.4 Å². The van der Waals surface area contributed by atoms with Crippen LogP contribution in [0.2, 0.25) is 0 Å². The van der Waals surface area contributed by atoms with E-state index in [1.54, 1.807) is 11.3 Å². The molecule has 0 radical (unpaired) electrons. The monoisotopic (exact) mass is 263 g/mol. The van der Waals surface area contributed by atoms with Gasteiger partial charge in [-0.05, 0) is 19.1 Å². The first kappa shape index (κ1) is 13.0. The molecule has 1 aromatic carbocycles. The molecule has 0 fully saturated rings. The first-order valence-corrected chi connectivity index (χ1v) is 6.71. The van der Waals surface area contributed by atoms with E-state index in [1.807, 2.05) is 37.3 Å². The van der Waals surface area contributed by atoms with Gasteiger partial charge in [-0.25, -0.2) is 4.98 Å². The van der Waals surface area contributed by atoms with Crippen LogP contribution in [0.1, 0.15) is 10.7 Å². The molecule has 0 saturated heterocycles. The average molecular weight is 263 g/mol. The third-order valence-corrected chi connectivity index (χ3v) is 3.37. The maximum absolute atomic E-state index is 5.67. The van der Waals surface area contributed by atoms with Gasteiger partial charge in [-0.1, -0.05) is 18.2 Å². The molecule has 0 spiro atoms. The Labute approximate surface area is 111 Å². The van der Waals surface area contributed by atoms with Crippen molar-refractivity contribution in [2.75, 3.05) is 6.61 Å². The summed E-state index contributed by atoms with van der Waals surface area (Å²) >= 11 is 1.65. The molecule has 0 bridgehead atoms. The fourth-order valence-corrected chi connectivity index (χ4v) is 2.26. The zero-order valence-electron chi connectivity index (χ0n) is 10.3. The van der Waals surface area contributed by atoms with Gasteiger partial charge in [-0.15, -0.1) is 11.3 Å². The maximum Gasteiger partial charge on any atom is 0.119 e. The standard InChI is InChI=1S/C13H17N3OS/c1-10-15-12(9-18-10)7-11(16-14)8-17-13-5-3-2-4-6-13/h2-6,9,11,16H,7-8,14H2,1H3. The van der Waals surface area contributed by atoms with Gasteiger partial charge >= 0.3 is 0 Å². The first-order valence-electron chi connectivity index (χ1n) is 5.83. The number of aromatic nitrogens is 1. The second kappa shape index (κ2) is 6.49. The van der Waals surface area contributed by atoms with Crippen molar-refractivity contribution < 1.29 is 4.74 Å². The fraction of sp³-hybridized carbons (Fsp3) is 0.308. The summed E-state index contributed by atoms with van der Waals surface area (Å²) in [5.41, 5.74) is 3.82. The van der Waals surface area contributed by atoms with Gasteiger partial charge in [0.25, 0.3) is 0 Å². The molecule has 96 valence electrons. The van der Waals surface area contributed by atoms with Crippen molar-refractivity contribution in [3.05, 3.63) is 46.4 Å². The summed E-state index contributed by atoms with van der Waals surface area (Å²) in [6.45, 7) is 2.52. The maximum atomic E-state index is 5.67. The zero-order chi connectivity index (χ0) is 12.8. The molecule has 2 aromatic rings. The molecule has 0 aliphatic carbocycles. The Hall–Kier alpha value is -1.43. The molecule has 1 heterocycles. The van der Waals surface area contributed by atoms with Crippen molar-refractivity contribution in [3.8, 4) is 5.75 Å². The number of nitrogens with one attached hydrogen (secondary N) is 1. The highest BCUT2D eigenvalue weighted by Crippen LogP contribution is 2.12. The highest BCUT2D eigenvalue weighted by Gasteiger charge is 2.10. The predicted octanol–water partition coefficient (Wildman–Crippen LogP) is 1.90. The van der Waals surface area contributed by atoms with Gasteiger partial charge in [0, 0.05) is 11.8 Å². The highest BCUT2D eigenvalue weighted by atomic mass is 32.1. The molecule has 0 saturated carbocycles. The van der Waals surface area contributed by atoms with E-state index in [0.29, 0.717) is 6.61 Å². The molecular formula is C13H17N3OS. The molecule has 1 aromatic heterocycles. The number of hydrogen-bond acceptors (Lipinski definition) is 5. The van der Waals surface area contributed by atoms with E-state index in [1.165, 1.54) is 0 Å². The summed E-state index contributed by atoms with van der Waals surface area (Å²) in [4.78, 5) is 4.42. The summed E-state index contributed by atoms with van der Waals surface area (Å²) in [6.07, 6.45) is 0.772. The van der Waals surface area contributed by atoms with Crippen LogP contribution in [0.25, 0.3) is 0 Å². The minimum atomic E-state index is 0.0618. The van der Waals surface area contributed by atoms with E-state index < -0.39 is 0 Å². The summed E-state index contributed by atoms with van der Waals surface area (Å²) < 4.78 is 5.67. The number of hydrogen-bond donors (Lipinski definition) is 2. The number of nitrogens with two attached hydrogens (primary N) is 1. The van der Waals surface area contributed by atoms with Crippen molar-refractivity contribution in [2.45, 2.75) is 19.4 Å². The molecule has 5 heteroatoms. The number of ether oxygens (including phenoxy) is 1. The van der Waals surface area contributed by atoms with Crippen molar-refractivity contribution in [1.82, 2.24) is 10.4 Å². The minimum absolute atomic E-state index is 0.0618. The third kappa shape index (κ3) is 3.80. The topological polar surface area (TPSA) is 60.2 Å². The molecule has 4 nitrogen and oxygen atoms in total. The van der Waals surface area contributed by atoms with Crippen LogP contribution in [0, 0.1) is 6.92 Å². The molecule has 1 unspecified atom stereocenters. The lowest BCUT2D eigenvalue weighted by molar-refractivity contribution is 0.263. The van der Waals surface area contributed by atoms with Gasteiger partial charge in [0.05, 0.1) is 16.7 Å². The Morgan fingerprint density at radius 3 is 2.78 bits per heavy atom. The second-order valence-electron chi connectivity index (χ2n) is 4.05. The summed E-state index contributed by atoms with van der Waals surface area (Å²) in [7, 11) is 0. The second-order valence-corrected chi connectivity index (χ2v) is 5.11. The van der Waals surface area contributed by atoms with Gasteiger partial charge in [0.15, 0.2) is 0 Å². The molecule has 1 atom stereocenters. The Bertz CT molecular complexity index is 472. The summed E-state index contributed by atoms with van der Waals surface area (Å²) in [5, 5.41) is 3.13. The van der Waals surface area contributed by atoms with Crippen LogP contribution >= 0.6 is 11.3 Å². The number of hydrazine groups is 1. The van der Waals surface area contributed by atoms with E-state index in [0.717, 1.165) is 22.9 Å². The predicted molar refractivity (Wildman–Crippen MR) is 73.6 cm³/mol. The number of nitrogens with zero attached hydrogens (tertiary/aromatic N) is 1. The van der Waals surface area contributed by atoms with Gasteiger partial charge in [0.2, 0.25) is 0 Å². The number of rotatable bonds is 6. The largest absolute Gasteiger partial charge is 0.492 e. The van der Waals surface area contributed by atoms with Gasteiger partial charge in [-0.3, -0.25) is 11.3 Å². The molecule has 2 rings (SSSR count). The summed E-state index contributed by atoms with van der Waals surface area (Å²) in [6, 6.07) is 9.78. The van der Waals surface area contributed by atoms with E-state index in [9.17, 15) is 0 Å². The van der Waals surface area contributed by atoms with E-state index in [2.05, 4.69) is 15.8 Å². The number of aryl methyl sites for hydroxylation is 1. The molecule has 18 heavy (non-hydrogen) atoms. The smallest absolute Gasteiger partial charge is 0.119 e. The van der Waals surface area contributed by atoms with Gasteiger partial charge < -0.3 is 4.74 Å². The van der Waals surface area contributed by atoms with Crippen LogP contribution in [0.15, 0.2) is 35.7 Å². The SMILES string of the molecule is Cc1nc(CC(COc2ccccc2)NN)cs1. The van der Waals surface area contributed by atoms with Crippen LogP contribution in [0.4, 0.5) is 0 Å². The minimum Gasteiger partial charge on any atom is -0.492 e. The van der Waals surface area contributed by atoms with Crippen LogP contribution in [-0.2, 0) is 6.42 Å². The van der Waals surface area contributed by atoms with Crippen molar-refractivity contribution in [2.24, 2.45) is 5.84 Å². The van der Waals surface area contributed by atoms with Crippen LogP contribution in [0.3, 0.4) is 0 Å². The zero-order valence-corrected chi connectivity index (χ0v) is 11.1. The Kier molecular flexibility index (Phi) is 4.69. The lowest BCUT2D eigenvalue weighted by Gasteiger charge is -2.15. The lowest BCUT2D eigenvalue weighted by Crippen LogP contribution is -2.41. The quantitative estimate of drug-likeness (QED) is 0.617. The van der Waals surface area contributed by atoms with Crippen molar-refractivity contribution >= 4 is 11.3 Å². The van der Waals surface area contributed by atoms with E-state index in [-0.39, 0.29) is 6.04 Å². The Morgan fingerprint density at radius 1 is 1.39 bits per heavy atom. The summed E-state index contributed by atoms with van der Waals surface area (Å²) in [5.74, 6) is 6.39. The Morgan fingerprint density at radius 2 is 2.17 bits per heavy atom. The third-order valence-electron chi connectivity index (χ3n) is 2.55. The normalized spacial score (nSPS) is 12.3. The average Bonchev–Trinajstić information content (AvgIpc) is 2.81. The Balaban J connectivity index is 1.86.